The lowest BCUT2D eigenvalue weighted by atomic mass is 9.89. The first-order chi connectivity index (χ1) is 13.5. The first-order valence-corrected chi connectivity index (χ1v) is 8.91. The molecule has 4 rings (SSSR count). The lowest BCUT2D eigenvalue weighted by Crippen LogP contribution is -1.91. The van der Waals surface area contributed by atoms with Gasteiger partial charge in [0, 0.05) is 34.6 Å². The molecule has 0 aromatic heterocycles. The highest BCUT2D eigenvalue weighted by molar-refractivity contribution is 5.94. The van der Waals surface area contributed by atoms with Crippen LogP contribution in [0.5, 0.6) is 11.5 Å². The van der Waals surface area contributed by atoms with Crippen LogP contribution in [-0.4, -0.2) is 10.2 Å². The molecule has 28 heavy (non-hydrogen) atoms. The third kappa shape index (κ3) is 3.12. The van der Waals surface area contributed by atoms with E-state index in [0.29, 0.717) is 22.5 Å². The molecule has 0 bridgehead atoms. The quantitative estimate of drug-likeness (QED) is 0.371. The smallest absolute Gasteiger partial charge is 0.125 e. The van der Waals surface area contributed by atoms with Crippen LogP contribution in [0.1, 0.15) is 0 Å². The van der Waals surface area contributed by atoms with Crippen LogP contribution in [-0.2, 0) is 0 Å². The molecule has 0 unspecified atom stereocenters. The second-order valence-electron chi connectivity index (χ2n) is 6.64. The van der Waals surface area contributed by atoms with Gasteiger partial charge in [-0.3, -0.25) is 0 Å². The molecule has 0 heterocycles. The molecule has 4 aromatic rings. The molecule has 4 aromatic carbocycles. The van der Waals surface area contributed by atoms with E-state index in [4.69, 9.17) is 11.5 Å². The van der Waals surface area contributed by atoms with E-state index in [-0.39, 0.29) is 11.5 Å². The number of phenolic OH excluding ortho intramolecular Hbond substituents is 2. The van der Waals surface area contributed by atoms with Crippen molar-refractivity contribution in [2.45, 2.75) is 0 Å². The maximum atomic E-state index is 10.4. The standard InChI is InChI=1S/C24H20N2O2/c25-15-9-11-21(23(27)13-15)19-7-3-1-5-17(19)18-6-2-4-8-20(18)22-12-10-16(26)14-24(22)28/h1-14,27-28H,25-26H2. The fourth-order valence-corrected chi connectivity index (χ4v) is 3.46. The highest BCUT2D eigenvalue weighted by Crippen LogP contribution is 2.42. The maximum absolute atomic E-state index is 10.4. The number of hydrogen-bond donors (Lipinski definition) is 4. The van der Waals surface area contributed by atoms with E-state index in [9.17, 15) is 10.2 Å². The minimum atomic E-state index is 0.125. The number of phenols is 2. The van der Waals surface area contributed by atoms with Gasteiger partial charge in [-0.05, 0) is 46.5 Å². The van der Waals surface area contributed by atoms with Gasteiger partial charge in [-0.25, -0.2) is 0 Å². The molecule has 0 fully saturated rings. The fraction of sp³-hybridized carbons (Fsp3) is 0. The third-order valence-electron chi connectivity index (χ3n) is 4.77. The number of hydrogen-bond acceptors (Lipinski definition) is 4. The van der Waals surface area contributed by atoms with Gasteiger partial charge < -0.3 is 21.7 Å². The van der Waals surface area contributed by atoms with Crippen molar-refractivity contribution in [3.8, 4) is 44.9 Å². The summed E-state index contributed by atoms with van der Waals surface area (Å²) < 4.78 is 0. The van der Waals surface area contributed by atoms with E-state index in [0.717, 1.165) is 22.3 Å². The second kappa shape index (κ2) is 7.00. The van der Waals surface area contributed by atoms with Gasteiger partial charge in [0.15, 0.2) is 0 Å². The van der Waals surface area contributed by atoms with Crippen LogP contribution < -0.4 is 11.5 Å². The summed E-state index contributed by atoms with van der Waals surface area (Å²) in [6.07, 6.45) is 0. The number of anilines is 2. The molecule has 6 N–H and O–H groups in total. The van der Waals surface area contributed by atoms with Crippen molar-refractivity contribution in [3.05, 3.63) is 84.9 Å². The van der Waals surface area contributed by atoms with Gasteiger partial charge in [0.05, 0.1) is 0 Å². The topological polar surface area (TPSA) is 92.5 Å². The molecule has 0 aliphatic rings. The lowest BCUT2D eigenvalue weighted by molar-refractivity contribution is 0.477. The highest BCUT2D eigenvalue weighted by Gasteiger charge is 2.16. The molecule has 0 aliphatic carbocycles. The Kier molecular flexibility index (Phi) is 4.38. The molecule has 4 heteroatoms. The maximum Gasteiger partial charge on any atom is 0.125 e. The van der Waals surface area contributed by atoms with Gasteiger partial charge in [-0.1, -0.05) is 48.5 Å². The van der Waals surface area contributed by atoms with E-state index in [1.165, 1.54) is 0 Å². The molecule has 0 amide bonds. The molecule has 0 saturated heterocycles. The van der Waals surface area contributed by atoms with E-state index in [1.807, 2.05) is 60.7 Å². The van der Waals surface area contributed by atoms with E-state index in [1.54, 1.807) is 24.3 Å². The number of nitrogen functional groups attached to an aromatic ring is 2. The normalized spacial score (nSPS) is 10.7. The predicted octanol–water partition coefficient (Wildman–Crippen LogP) is 5.26. The summed E-state index contributed by atoms with van der Waals surface area (Å²) in [5, 5.41) is 20.9. The molecule has 138 valence electrons. The van der Waals surface area contributed by atoms with Crippen LogP contribution in [0.2, 0.25) is 0 Å². The molecule has 0 spiro atoms. The van der Waals surface area contributed by atoms with Gasteiger partial charge in [0.2, 0.25) is 0 Å². The average Bonchev–Trinajstić information content (AvgIpc) is 2.68. The summed E-state index contributed by atoms with van der Waals surface area (Å²) in [6, 6.07) is 25.9. The van der Waals surface area contributed by atoms with Crippen molar-refractivity contribution >= 4 is 11.4 Å². The Morgan fingerprint density at radius 3 is 1.07 bits per heavy atom. The first-order valence-electron chi connectivity index (χ1n) is 8.91. The molecule has 4 nitrogen and oxygen atoms in total. The Labute approximate surface area is 163 Å². The molecule has 0 saturated carbocycles. The Balaban J connectivity index is 1.95. The van der Waals surface area contributed by atoms with Crippen LogP contribution in [0.15, 0.2) is 84.9 Å². The highest BCUT2D eigenvalue weighted by atomic mass is 16.3. The van der Waals surface area contributed by atoms with E-state index >= 15 is 0 Å². The van der Waals surface area contributed by atoms with Crippen molar-refractivity contribution in [2.24, 2.45) is 0 Å². The van der Waals surface area contributed by atoms with Crippen molar-refractivity contribution in [3.63, 3.8) is 0 Å². The molecular weight excluding hydrogens is 348 g/mol. The third-order valence-corrected chi connectivity index (χ3v) is 4.77. The Bertz CT molecular complexity index is 1080. The van der Waals surface area contributed by atoms with Crippen LogP contribution in [0, 0.1) is 0 Å². The lowest BCUT2D eigenvalue weighted by Gasteiger charge is -2.16. The van der Waals surface area contributed by atoms with Gasteiger partial charge in [-0.2, -0.15) is 0 Å². The monoisotopic (exact) mass is 368 g/mol. The number of aromatic hydroxyl groups is 2. The van der Waals surface area contributed by atoms with Gasteiger partial charge in [0.1, 0.15) is 11.5 Å². The van der Waals surface area contributed by atoms with Crippen molar-refractivity contribution in [1.82, 2.24) is 0 Å². The van der Waals surface area contributed by atoms with Crippen molar-refractivity contribution < 1.29 is 10.2 Å². The van der Waals surface area contributed by atoms with Crippen molar-refractivity contribution in [1.29, 1.82) is 0 Å². The first kappa shape index (κ1) is 17.5. The summed E-state index contributed by atoms with van der Waals surface area (Å²) in [6.45, 7) is 0. The van der Waals surface area contributed by atoms with Crippen LogP contribution >= 0.6 is 0 Å². The Hall–Kier alpha value is -3.92. The van der Waals surface area contributed by atoms with E-state index in [2.05, 4.69) is 0 Å². The minimum Gasteiger partial charge on any atom is -0.507 e. The average molecular weight is 368 g/mol. The van der Waals surface area contributed by atoms with Crippen LogP contribution in [0.4, 0.5) is 11.4 Å². The van der Waals surface area contributed by atoms with Crippen LogP contribution in [0.25, 0.3) is 33.4 Å². The van der Waals surface area contributed by atoms with E-state index < -0.39 is 0 Å². The van der Waals surface area contributed by atoms with Crippen molar-refractivity contribution in [2.75, 3.05) is 11.5 Å². The molecule has 0 aliphatic heterocycles. The van der Waals surface area contributed by atoms with Gasteiger partial charge >= 0.3 is 0 Å². The zero-order valence-electron chi connectivity index (χ0n) is 15.1. The largest absolute Gasteiger partial charge is 0.507 e. The summed E-state index contributed by atoms with van der Waals surface area (Å²) in [5.74, 6) is 0.250. The summed E-state index contributed by atoms with van der Waals surface area (Å²) in [4.78, 5) is 0. The molecule has 0 atom stereocenters. The summed E-state index contributed by atoms with van der Waals surface area (Å²) in [5.41, 5.74) is 17.6. The van der Waals surface area contributed by atoms with Gasteiger partial charge in [0.25, 0.3) is 0 Å². The summed E-state index contributed by atoms with van der Waals surface area (Å²) >= 11 is 0. The second-order valence-corrected chi connectivity index (χ2v) is 6.64. The Morgan fingerprint density at radius 2 is 0.750 bits per heavy atom. The SMILES string of the molecule is Nc1ccc(-c2ccccc2-c2ccccc2-c2ccc(N)cc2O)c(O)c1. The summed E-state index contributed by atoms with van der Waals surface area (Å²) in [7, 11) is 0. The number of rotatable bonds is 3. The number of benzene rings is 4. The van der Waals surface area contributed by atoms with Gasteiger partial charge in [-0.15, -0.1) is 0 Å². The molecule has 0 radical (unpaired) electrons. The number of nitrogens with two attached hydrogens (primary N) is 2. The predicted molar refractivity (Wildman–Crippen MR) is 115 cm³/mol. The zero-order chi connectivity index (χ0) is 19.7. The Morgan fingerprint density at radius 1 is 0.429 bits per heavy atom. The fourth-order valence-electron chi connectivity index (χ4n) is 3.46. The molecular formula is C24H20N2O2. The van der Waals surface area contributed by atoms with Crippen LogP contribution in [0.3, 0.4) is 0 Å². The zero-order valence-corrected chi connectivity index (χ0v) is 15.1. The minimum absolute atomic E-state index is 0.125.